The van der Waals surface area contributed by atoms with E-state index in [-0.39, 0.29) is 11.3 Å². The Labute approximate surface area is 137 Å². The second-order valence-corrected chi connectivity index (χ2v) is 5.26. The number of nitro benzene ring substituents is 1. The second-order valence-electron chi connectivity index (χ2n) is 5.26. The third kappa shape index (κ3) is 2.37. The minimum Gasteiger partial charge on any atom is -0.341 e. The molecule has 0 saturated heterocycles. The molecule has 0 bridgehead atoms. The summed E-state index contributed by atoms with van der Waals surface area (Å²) in [5.41, 5.74) is 2.63. The number of hydrogen-bond acceptors (Lipinski definition) is 4. The van der Waals surface area contributed by atoms with E-state index in [1.807, 2.05) is 37.3 Å². The highest BCUT2D eigenvalue weighted by molar-refractivity contribution is 6.09. The van der Waals surface area contributed by atoms with Crippen molar-refractivity contribution in [3.05, 3.63) is 57.6 Å². The van der Waals surface area contributed by atoms with Gasteiger partial charge in [-0.25, -0.2) is 0 Å². The zero-order chi connectivity index (χ0) is 17.3. The minimum absolute atomic E-state index is 0.0135. The summed E-state index contributed by atoms with van der Waals surface area (Å²) in [4.78, 5) is 10.6. The van der Waals surface area contributed by atoms with E-state index in [4.69, 9.17) is 10.5 Å². The van der Waals surface area contributed by atoms with Crippen molar-refractivity contribution >= 4 is 33.6 Å². The molecule has 0 atom stereocenters. The normalized spacial score (nSPS) is 10.3. The lowest BCUT2D eigenvalue weighted by Crippen LogP contribution is -1.93. The summed E-state index contributed by atoms with van der Waals surface area (Å²) in [7, 11) is 0. The van der Waals surface area contributed by atoms with Crippen LogP contribution in [0.2, 0.25) is 0 Å². The molecule has 6 nitrogen and oxygen atoms in total. The molecule has 116 valence electrons. The maximum atomic E-state index is 11.1. The van der Waals surface area contributed by atoms with E-state index >= 15 is 0 Å². The molecule has 0 spiro atoms. The summed E-state index contributed by atoms with van der Waals surface area (Å²) < 4.78 is 2.08. The topological polar surface area (TPSA) is 95.7 Å². The molecule has 0 radical (unpaired) electrons. The van der Waals surface area contributed by atoms with Crippen LogP contribution in [0.1, 0.15) is 12.5 Å². The molecule has 3 aromatic rings. The Kier molecular flexibility index (Phi) is 3.73. The molecule has 1 aromatic heterocycles. The summed E-state index contributed by atoms with van der Waals surface area (Å²) >= 11 is 0. The maximum absolute atomic E-state index is 11.1. The standard InChI is InChI=1S/C18H12N4O2/c1-2-21-17-5-3-12(7-13(10-19)11-20)8-15(17)16-9-14(22(23)24)4-6-18(16)21/h3-9H,2H2,1H3. The van der Waals surface area contributed by atoms with Crippen LogP contribution >= 0.6 is 0 Å². The smallest absolute Gasteiger partial charge is 0.270 e. The van der Waals surface area contributed by atoms with Crippen LogP contribution in [-0.4, -0.2) is 9.49 Å². The van der Waals surface area contributed by atoms with Crippen LogP contribution < -0.4 is 0 Å². The van der Waals surface area contributed by atoms with E-state index in [2.05, 4.69) is 4.57 Å². The van der Waals surface area contributed by atoms with Gasteiger partial charge in [0.15, 0.2) is 0 Å². The van der Waals surface area contributed by atoms with E-state index in [0.717, 1.165) is 28.4 Å². The van der Waals surface area contributed by atoms with Gasteiger partial charge in [0.05, 0.1) is 4.92 Å². The van der Waals surface area contributed by atoms with Gasteiger partial charge in [-0.2, -0.15) is 10.5 Å². The highest BCUT2D eigenvalue weighted by Gasteiger charge is 2.14. The monoisotopic (exact) mass is 316 g/mol. The Morgan fingerprint density at radius 3 is 2.38 bits per heavy atom. The van der Waals surface area contributed by atoms with Gasteiger partial charge in [0, 0.05) is 40.5 Å². The molecule has 0 saturated carbocycles. The van der Waals surface area contributed by atoms with Crippen molar-refractivity contribution in [2.75, 3.05) is 0 Å². The predicted molar refractivity (Wildman–Crippen MR) is 91.0 cm³/mol. The van der Waals surface area contributed by atoms with Crippen LogP contribution in [0.3, 0.4) is 0 Å². The lowest BCUT2D eigenvalue weighted by Gasteiger charge is -2.02. The largest absolute Gasteiger partial charge is 0.341 e. The van der Waals surface area contributed by atoms with Gasteiger partial charge in [-0.1, -0.05) is 6.07 Å². The number of rotatable bonds is 3. The zero-order valence-corrected chi connectivity index (χ0v) is 12.9. The van der Waals surface area contributed by atoms with Gasteiger partial charge in [-0.15, -0.1) is 0 Å². The lowest BCUT2D eigenvalue weighted by atomic mass is 10.1. The average molecular weight is 316 g/mol. The van der Waals surface area contributed by atoms with Gasteiger partial charge in [-0.3, -0.25) is 10.1 Å². The molecule has 0 fully saturated rings. The minimum atomic E-state index is -0.415. The highest BCUT2D eigenvalue weighted by atomic mass is 16.6. The molecule has 3 rings (SSSR count). The van der Waals surface area contributed by atoms with Gasteiger partial charge in [0.25, 0.3) is 5.69 Å². The van der Waals surface area contributed by atoms with Crippen LogP contribution in [0.4, 0.5) is 5.69 Å². The Bertz CT molecular complexity index is 1080. The summed E-state index contributed by atoms with van der Waals surface area (Å²) in [6, 6.07) is 14.1. The zero-order valence-electron chi connectivity index (χ0n) is 12.9. The first-order chi connectivity index (χ1) is 11.6. The van der Waals surface area contributed by atoms with E-state index in [1.165, 1.54) is 12.1 Å². The van der Waals surface area contributed by atoms with Crippen molar-refractivity contribution in [2.24, 2.45) is 0 Å². The van der Waals surface area contributed by atoms with E-state index < -0.39 is 4.92 Å². The summed E-state index contributed by atoms with van der Waals surface area (Å²) in [6.07, 6.45) is 1.51. The third-order valence-electron chi connectivity index (χ3n) is 3.95. The number of non-ortho nitro benzene ring substituents is 1. The average Bonchev–Trinajstić information content (AvgIpc) is 2.91. The number of benzene rings is 2. The molecular formula is C18H12N4O2. The molecule has 0 aliphatic heterocycles. The molecule has 0 aliphatic carbocycles. The van der Waals surface area contributed by atoms with E-state index in [9.17, 15) is 10.1 Å². The molecular weight excluding hydrogens is 304 g/mol. The van der Waals surface area contributed by atoms with E-state index in [0.29, 0.717) is 5.56 Å². The molecule has 2 aromatic carbocycles. The molecule has 24 heavy (non-hydrogen) atoms. The molecule has 0 N–H and O–H groups in total. The van der Waals surface area contributed by atoms with Gasteiger partial charge >= 0.3 is 0 Å². The Hall–Kier alpha value is -3.64. The van der Waals surface area contributed by atoms with Crippen LogP contribution in [0.5, 0.6) is 0 Å². The molecule has 0 amide bonds. The third-order valence-corrected chi connectivity index (χ3v) is 3.95. The fourth-order valence-electron chi connectivity index (χ4n) is 2.91. The summed E-state index contributed by atoms with van der Waals surface area (Å²) in [6.45, 7) is 2.74. The Balaban J connectivity index is 2.35. The number of nitro groups is 1. The quantitative estimate of drug-likeness (QED) is 0.412. The number of aromatic nitrogens is 1. The molecule has 0 aliphatic rings. The Morgan fingerprint density at radius 1 is 1.17 bits per heavy atom. The van der Waals surface area contributed by atoms with Crippen LogP contribution in [0, 0.1) is 32.8 Å². The van der Waals surface area contributed by atoms with Crippen molar-refractivity contribution in [3.8, 4) is 12.1 Å². The fraction of sp³-hybridized carbons (Fsp3) is 0.111. The first-order valence-corrected chi connectivity index (χ1v) is 7.31. The predicted octanol–water partition coefficient (Wildman–Crippen LogP) is 4.15. The van der Waals surface area contributed by atoms with Crippen molar-refractivity contribution in [2.45, 2.75) is 13.5 Å². The second kappa shape index (κ2) is 5.86. The van der Waals surface area contributed by atoms with Gasteiger partial charge in [0.2, 0.25) is 0 Å². The fourth-order valence-corrected chi connectivity index (χ4v) is 2.91. The summed E-state index contributed by atoms with van der Waals surface area (Å²) in [5, 5.41) is 30.5. The van der Waals surface area contributed by atoms with Crippen LogP contribution in [-0.2, 0) is 6.54 Å². The summed E-state index contributed by atoms with van der Waals surface area (Å²) in [5.74, 6) is 0. The molecule has 0 unspecified atom stereocenters. The number of allylic oxidation sites excluding steroid dienone is 1. The van der Waals surface area contributed by atoms with E-state index in [1.54, 1.807) is 12.1 Å². The Morgan fingerprint density at radius 2 is 1.79 bits per heavy atom. The highest BCUT2D eigenvalue weighted by Crippen LogP contribution is 2.32. The van der Waals surface area contributed by atoms with Gasteiger partial charge in [0.1, 0.15) is 17.7 Å². The van der Waals surface area contributed by atoms with Crippen LogP contribution in [0.15, 0.2) is 42.0 Å². The number of nitriles is 2. The van der Waals surface area contributed by atoms with Gasteiger partial charge < -0.3 is 4.57 Å². The molecule has 1 heterocycles. The molecule has 6 heteroatoms. The first kappa shape index (κ1) is 15.3. The number of hydrogen-bond donors (Lipinski definition) is 0. The maximum Gasteiger partial charge on any atom is 0.270 e. The SMILES string of the molecule is CCn1c2ccc(C=C(C#N)C#N)cc2c2cc([N+](=O)[O-])ccc21. The number of aryl methyl sites for hydroxylation is 1. The van der Waals surface area contributed by atoms with Crippen molar-refractivity contribution in [1.82, 2.24) is 4.57 Å². The first-order valence-electron chi connectivity index (χ1n) is 7.31. The number of nitrogens with zero attached hydrogens (tertiary/aromatic N) is 4. The van der Waals surface area contributed by atoms with Crippen molar-refractivity contribution in [1.29, 1.82) is 10.5 Å². The lowest BCUT2D eigenvalue weighted by molar-refractivity contribution is -0.384. The number of fused-ring (bicyclic) bond motifs is 3. The van der Waals surface area contributed by atoms with Gasteiger partial charge in [-0.05, 0) is 36.8 Å². The van der Waals surface area contributed by atoms with Crippen LogP contribution in [0.25, 0.3) is 27.9 Å². The van der Waals surface area contributed by atoms with Crippen molar-refractivity contribution < 1.29 is 4.92 Å². The van der Waals surface area contributed by atoms with Crippen molar-refractivity contribution in [3.63, 3.8) is 0 Å².